The number of hydrogen-bond acceptors (Lipinski definition) is 7. The number of amides is 1. The van der Waals surface area contributed by atoms with E-state index in [-0.39, 0.29) is 17.5 Å². The van der Waals surface area contributed by atoms with Gasteiger partial charge in [-0.2, -0.15) is 0 Å². The average molecular weight is 541 g/mol. The maximum atomic E-state index is 13.1. The second-order valence-electron chi connectivity index (χ2n) is 10.3. The van der Waals surface area contributed by atoms with Gasteiger partial charge in [-0.25, -0.2) is 0 Å². The summed E-state index contributed by atoms with van der Waals surface area (Å²) in [4.78, 5) is 20.6. The first-order chi connectivity index (χ1) is 19.4. The monoisotopic (exact) mass is 540 g/mol. The van der Waals surface area contributed by atoms with Crippen LogP contribution in [0.4, 0.5) is 0 Å². The molecule has 2 aromatic carbocycles. The fourth-order valence-electron chi connectivity index (χ4n) is 5.25. The van der Waals surface area contributed by atoms with Gasteiger partial charge < -0.3 is 19.3 Å². The van der Waals surface area contributed by atoms with Crippen molar-refractivity contribution in [3.8, 4) is 34.1 Å². The van der Waals surface area contributed by atoms with Crippen LogP contribution in [0.5, 0.6) is 11.5 Å². The Balaban J connectivity index is 1.57. The van der Waals surface area contributed by atoms with Gasteiger partial charge >= 0.3 is 0 Å². The van der Waals surface area contributed by atoms with Crippen LogP contribution < -0.4 is 14.8 Å². The second kappa shape index (κ2) is 11.9. The number of fused-ring (bicyclic) bond motifs is 1. The molecule has 0 saturated carbocycles. The zero-order chi connectivity index (χ0) is 28.2. The van der Waals surface area contributed by atoms with E-state index in [1.54, 1.807) is 14.2 Å². The molecule has 3 heterocycles. The number of nitrogens with one attached hydrogen (secondary N) is 1. The molecule has 0 spiro atoms. The van der Waals surface area contributed by atoms with Gasteiger partial charge in [0.15, 0.2) is 11.5 Å². The molecule has 2 aromatic heterocycles. The molecule has 1 aliphatic rings. The van der Waals surface area contributed by atoms with E-state index in [4.69, 9.17) is 19.0 Å². The van der Waals surface area contributed by atoms with E-state index in [0.717, 1.165) is 43.1 Å². The van der Waals surface area contributed by atoms with Crippen molar-refractivity contribution in [3.63, 3.8) is 0 Å². The summed E-state index contributed by atoms with van der Waals surface area (Å²) in [5.41, 5.74) is 6.61. The number of methoxy groups -OCH3 is 2. The number of carbonyl (C=O) groups excluding carboxylic acids is 1. The van der Waals surface area contributed by atoms with E-state index in [1.807, 2.05) is 31.2 Å². The molecular formula is C32H36N4O4. The van der Waals surface area contributed by atoms with Crippen LogP contribution in [0.25, 0.3) is 22.6 Å². The molecule has 8 nitrogen and oxygen atoms in total. The van der Waals surface area contributed by atoms with Crippen LogP contribution in [0.2, 0.25) is 0 Å². The van der Waals surface area contributed by atoms with Crippen LogP contribution >= 0.6 is 0 Å². The maximum Gasteiger partial charge on any atom is 0.274 e. The van der Waals surface area contributed by atoms with Crippen molar-refractivity contribution in [1.82, 2.24) is 20.4 Å². The van der Waals surface area contributed by atoms with Gasteiger partial charge in [0.2, 0.25) is 0 Å². The Kier molecular flexibility index (Phi) is 8.16. The Morgan fingerprint density at radius 1 is 1.07 bits per heavy atom. The molecule has 4 aromatic rings. The van der Waals surface area contributed by atoms with Crippen LogP contribution in [-0.4, -0.2) is 48.3 Å². The predicted octanol–water partition coefficient (Wildman–Crippen LogP) is 5.85. The summed E-state index contributed by atoms with van der Waals surface area (Å²) in [5, 5.41) is 7.09. The lowest BCUT2D eigenvalue weighted by atomic mass is 9.95. The van der Waals surface area contributed by atoms with Crippen LogP contribution in [0.15, 0.2) is 59.1 Å². The van der Waals surface area contributed by atoms with Gasteiger partial charge in [-0.05, 0) is 41.7 Å². The molecule has 1 N–H and O–H groups in total. The van der Waals surface area contributed by atoms with Gasteiger partial charge in [0.25, 0.3) is 5.91 Å². The number of carbonyl (C=O) groups is 1. The van der Waals surface area contributed by atoms with Crippen molar-refractivity contribution in [2.75, 3.05) is 27.3 Å². The summed E-state index contributed by atoms with van der Waals surface area (Å²) in [6.45, 7) is 9.16. The molecule has 0 radical (unpaired) electrons. The number of benzene rings is 2. The SMILES string of the molecule is CCNC(=O)c1noc(-c2cc(C(C)C)c(OC)cc2OC)c1-c1ccc2c(n1)CCN(Cc1ccccc1)C2. The summed E-state index contributed by atoms with van der Waals surface area (Å²) >= 11 is 0. The Morgan fingerprint density at radius 3 is 2.55 bits per heavy atom. The van der Waals surface area contributed by atoms with Gasteiger partial charge in [0.05, 0.1) is 31.0 Å². The lowest BCUT2D eigenvalue weighted by molar-refractivity contribution is 0.0947. The zero-order valence-electron chi connectivity index (χ0n) is 23.8. The molecule has 1 amide bonds. The van der Waals surface area contributed by atoms with Crippen molar-refractivity contribution in [1.29, 1.82) is 0 Å². The largest absolute Gasteiger partial charge is 0.496 e. The van der Waals surface area contributed by atoms with E-state index >= 15 is 0 Å². The molecule has 0 fully saturated rings. The average Bonchev–Trinajstić information content (AvgIpc) is 3.42. The minimum absolute atomic E-state index is 0.189. The smallest absolute Gasteiger partial charge is 0.274 e. The first-order valence-corrected chi connectivity index (χ1v) is 13.7. The Bertz CT molecular complexity index is 1500. The first-order valence-electron chi connectivity index (χ1n) is 13.7. The van der Waals surface area contributed by atoms with Crippen LogP contribution in [0.3, 0.4) is 0 Å². The Labute approximate surface area is 235 Å². The number of rotatable bonds is 9. The van der Waals surface area contributed by atoms with Crippen molar-refractivity contribution in [2.24, 2.45) is 0 Å². The number of aromatic nitrogens is 2. The fourth-order valence-corrected chi connectivity index (χ4v) is 5.25. The summed E-state index contributed by atoms with van der Waals surface area (Å²) in [5.74, 6) is 1.62. The lowest BCUT2D eigenvalue weighted by Crippen LogP contribution is -2.30. The number of ether oxygens (including phenoxy) is 2. The molecule has 0 unspecified atom stereocenters. The van der Waals surface area contributed by atoms with Crippen LogP contribution in [-0.2, 0) is 19.5 Å². The predicted molar refractivity (Wildman–Crippen MR) is 155 cm³/mol. The van der Waals surface area contributed by atoms with Gasteiger partial charge in [-0.1, -0.05) is 55.4 Å². The van der Waals surface area contributed by atoms with Crippen molar-refractivity contribution >= 4 is 5.91 Å². The van der Waals surface area contributed by atoms with Crippen LogP contribution in [0.1, 0.15) is 59.6 Å². The highest BCUT2D eigenvalue weighted by molar-refractivity contribution is 6.02. The molecule has 0 atom stereocenters. The maximum absolute atomic E-state index is 13.1. The standard InChI is InChI=1S/C32H36N4O4/c1-6-33-32(37)30-29(31(40-35-30)24-16-23(20(2)3)27(38-4)17-28(24)39-5)26-13-12-22-19-36(15-14-25(22)34-26)18-21-10-8-7-9-11-21/h7-13,16-17,20H,6,14-15,18-19H2,1-5H3,(H,33,37). The fraction of sp³-hybridized carbons (Fsp3) is 0.344. The third kappa shape index (κ3) is 5.45. The second-order valence-corrected chi connectivity index (χ2v) is 10.3. The summed E-state index contributed by atoms with van der Waals surface area (Å²) in [7, 11) is 3.25. The molecule has 8 heteroatoms. The van der Waals surface area contributed by atoms with E-state index in [0.29, 0.717) is 34.9 Å². The lowest BCUT2D eigenvalue weighted by Gasteiger charge is -2.28. The summed E-state index contributed by atoms with van der Waals surface area (Å²) in [6.07, 6.45) is 0.816. The summed E-state index contributed by atoms with van der Waals surface area (Å²) < 4.78 is 17.3. The van der Waals surface area contributed by atoms with Gasteiger partial charge in [0.1, 0.15) is 11.5 Å². The van der Waals surface area contributed by atoms with Crippen molar-refractivity contribution in [2.45, 2.75) is 46.2 Å². The molecule has 1 aliphatic heterocycles. The molecule has 0 saturated heterocycles. The van der Waals surface area contributed by atoms with Crippen LogP contribution in [0, 0.1) is 0 Å². The molecule has 5 rings (SSSR count). The Hall–Kier alpha value is -4.17. The van der Waals surface area contributed by atoms with Crippen molar-refractivity contribution in [3.05, 3.63) is 82.7 Å². The third-order valence-corrected chi connectivity index (χ3v) is 7.30. The number of hydrogen-bond donors (Lipinski definition) is 1. The van der Waals surface area contributed by atoms with E-state index in [1.165, 1.54) is 11.1 Å². The normalized spacial score (nSPS) is 13.2. The van der Waals surface area contributed by atoms with E-state index in [9.17, 15) is 4.79 Å². The molecule has 0 bridgehead atoms. The topological polar surface area (TPSA) is 89.7 Å². The Morgan fingerprint density at radius 2 is 1.85 bits per heavy atom. The summed E-state index contributed by atoms with van der Waals surface area (Å²) in [6, 6.07) is 18.4. The van der Waals surface area contributed by atoms with E-state index < -0.39 is 0 Å². The van der Waals surface area contributed by atoms with Crippen molar-refractivity contribution < 1.29 is 18.8 Å². The highest BCUT2D eigenvalue weighted by Crippen LogP contribution is 2.43. The quantitative estimate of drug-likeness (QED) is 0.285. The molecule has 0 aliphatic carbocycles. The first kappa shape index (κ1) is 27.4. The number of pyridine rings is 1. The minimum Gasteiger partial charge on any atom is -0.496 e. The molecule has 208 valence electrons. The van der Waals surface area contributed by atoms with Gasteiger partial charge in [0, 0.05) is 44.4 Å². The molecule has 40 heavy (non-hydrogen) atoms. The number of nitrogens with zero attached hydrogens (tertiary/aromatic N) is 3. The van der Waals surface area contributed by atoms with E-state index in [2.05, 4.69) is 59.6 Å². The van der Waals surface area contributed by atoms with Gasteiger partial charge in [-0.3, -0.25) is 14.7 Å². The zero-order valence-corrected chi connectivity index (χ0v) is 23.8. The van der Waals surface area contributed by atoms with Gasteiger partial charge in [-0.15, -0.1) is 0 Å². The third-order valence-electron chi connectivity index (χ3n) is 7.30. The minimum atomic E-state index is -0.308. The highest BCUT2D eigenvalue weighted by atomic mass is 16.5. The molecular weight excluding hydrogens is 504 g/mol. The highest BCUT2D eigenvalue weighted by Gasteiger charge is 2.29.